The first-order valence-corrected chi connectivity index (χ1v) is 7.14. The Morgan fingerprint density at radius 3 is 2.72 bits per heavy atom. The molecule has 0 aliphatic rings. The van der Waals surface area contributed by atoms with Crippen LogP contribution in [0.15, 0.2) is 34.9 Å². The molecule has 0 atom stereocenters. The van der Waals surface area contributed by atoms with Gasteiger partial charge in [0.05, 0.1) is 0 Å². The van der Waals surface area contributed by atoms with Gasteiger partial charge in [0.25, 0.3) is 0 Å². The molecule has 0 aliphatic carbocycles. The largest absolute Gasteiger partial charge is 0.365 e. The van der Waals surface area contributed by atoms with Crippen LogP contribution in [0.5, 0.6) is 0 Å². The lowest BCUT2D eigenvalue weighted by Crippen LogP contribution is -2.31. The van der Waals surface area contributed by atoms with Crippen LogP contribution in [-0.4, -0.2) is 10.5 Å². The van der Waals surface area contributed by atoms with Crippen molar-refractivity contribution >= 4 is 32.5 Å². The van der Waals surface area contributed by atoms with E-state index in [1.165, 1.54) is 5.39 Å². The summed E-state index contributed by atoms with van der Waals surface area (Å²) < 4.78 is 1.11. The predicted octanol–water partition coefficient (Wildman–Crippen LogP) is 4.99. The first-order valence-electron chi connectivity index (χ1n) is 6.35. The summed E-state index contributed by atoms with van der Waals surface area (Å²) in [7, 11) is 0. The minimum atomic E-state index is 0.0678. The molecule has 0 bridgehead atoms. The maximum atomic E-state index is 4.48. The van der Waals surface area contributed by atoms with Gasteiger partial charge in [-0.15, -0.1) is 0 Å². The van der Waals surface area contributed by atoms with Gasteiger partial charge >= 0.3 is 0 Å². The number of nitrogens with zero attached hydrogens (tertiary/aromatic N) is 1. The number of hydrogen-bond acceptors (Lipinski definition) is 2. The van der Waals surface area contributed by atoms with Gasteiger partial charge in [-0.2, -0.15) is 0 Å². The van der Waals surface area contributed by atoms with Gasteiger partial charge in [0.1, 0.15) is 5.82 Å². The molecule has 1 aromatic heterocycles. The summed E-state index contributed by atoms with van der Waals surface area (Å²) >= 11 is 3.59. The molecular formula is C15H19BrN2. The fourth-order valence-corrected chi connectivity index (χ4v) is 2.77. The molecule has 2 aromatic rings. The fraction of sp³-hybridized carbons (Fsp3) is 0.400. The Labute approximate surface area is 117 Å². The highest BCUT2D eigenvalue weighted by molar-refractivity contribution is 9.10. The molecule has 0 saturated heterocycles. The summed E-state index contributed by atoms with van der Waals surface area (Å²) in [5, 5.41) is 5.92. The van der Waals surface area contributed by atoms with Gasteiger partial charge in [0.15, 0.2) is 0 Å². The predicted molar refractivity (Wildman–Crippen MR) is 82.1 cm³/mol. The van der Waals surface area contributed by atoms with Crippen LogP contribution >= 0.6 is 15.9 Å². The zero-order chi connectivity index (χ0) is 13.2. The van der Waals surface area contributed by atoms with Crippen molar-refractivity contribution in [3.05, 3.63) is 34.9 Å². The van der Waals surface area contributed by atoms with E-state index in [0.29, 0.717) is 0 Å². The van der Waals surface area contributed by atoms with E-state index in [-0.39, 0.29) is 5.54 Å². The molecule has 1 aromatic carbocycles. The lowest BCUT2D eigenvalue weighted by molar-refractivity contribution is 0.510. The number of nitrogens with one attached hydrogen (secondary N) is 1. The second-order valence-electron chi connectivity index (χ2n) is 5.25. The van der Waals surface area contributed by atoms with E-state index in [4.69, 9.17) is 0 Å². The Morgan fingerprint density at radius 2 is 2.00 bits per heavy atom. The summed E-state index contributed by atoms with van der Waals surface area (Å²) in [6.07, 6.45) is 4.14. The number of halogens is 1. The number of rotatable bonds is 4. The Kier molecular flexibility index (Phi) is 3.91. The Hall–Kier alpha value is -1.09. The maximum Gasteiger partial charge on any atom is 0.134 e. The van der Waals surface area contributed by atoms with Crippen LogP contribution in [0.2, 0.25) is 0 Å². The second kappa shape index (κ2) is 5.27. The van der Waals surface area contributed by atoms with Crippen LogP contribution in [0.3, 0.4) is 0 Å². The van der Waals surface area contributed by atoms with E-state index in [0.717, 1.165) is 28.5 Å². The first-order chi connectivity index (χ1) is 8.53. The standard InChI is InChI=1S/C15H19BrN2/c1-4-9-15(2,3)18-14-12-6-5-7-13(16)11(12)8-10-17-14/h5-8,10H,4,9H2,1-3H3,(H,17,18). The van der Waals surface area contributed by atoms with Gasteiger partial charge in [-0.3, -0.25) is 0 Å². The normalized spacial score (nSPS) is 11.8. The summed E-state index contributed by atoms with van der Waals surface area (Å²) in [5.41, 5.74) is 0.0678. The molecule has 0 unspecified atom stereocenters. The van der Waals surface area contributed by atoms with E-state index in [9.17, 15) is 0 Å². The summed E-state index contributed by atoms with van der Waals surface area (Å²) in [5.74, 6) is 0.965. The molecule has 2 rings (SSSR count). The second-order valence-corrected chi connectivity index (χ2v) is 6.11. The van der Waals surface area contributed by atoms with Gasteiger partial charge in [-0.05, 0) is 32.4 Å². The average Bonchev–Trinajstić information content (AvgIpc) is 2.30. The van der Waals surface area contributed by atoms with E-state index in [2.05, 4.69) is 59.1 Å². The zero-order valence-corrected chi connectivity index (χ0v) is 12.7. The molecule has 0 saturated carbocycles. The topological polar surface area (TPSA) is 24.9 Å². The smallest absolute Gasteiger partial charge is 0.134 e. The van der Waals surface area contributed by atoms with Crippen molar-refractivity contribution in [2.45, 2.75) is 39.2 Å². The van der Waals surface area contributed by atoms with Crippen molar-refractivity contribution in [3.63, 3.8) is 0 Å². The lowest BCUT2D eigenvalue weighted by atomic mass is 9.98. The Morgan fingerprint density at radius 1 is 1.22 bits per heavy atom. The summed E-state index contributed by atoms with van der Waals surface area (Å²) in [4.78, 5) is 4.48. The molecular weight excluding hydrogens is 288 g/mol. The van der Waals surface area contributed by atoms with Crippen LogP contribution in [0, 0.1) is 0 Å². The minimum Gasteiger partial charge on any atom is -0.365 e. The van der Waals surface area contributed by atoms with Gasteiger partial charge < -0.3 is 5.32 Å². The van der Waals surface area contributed by atoms with Crippen molar-refractivity contribution in [2.24, 2.45) is 0 Å². The summed E-state index contributed by atoms with van der Waals surface area (Å²) in [6.45, 7) is 6.64. The third kappa shape index (κ3) is 2.83. The highest BCUT2D eigenvalue weighted by atomic mass is 79.9. The molecule has 0 spiro atoms. The molecule has 3 heteroatoms. The molecule has 96 valence electrons. The van der Waals surface area contributed by atoms with Crippen molar-refractivity contribution in [2.75, 3.05) is 5.32 Å². The first kappa shape index (κ1) is 13.3. The molecule has 0 amide bonds. The van der Waals surface area contributed by atoms with Gasteiger partial charge in [0.2, 0.25) is 0 Å². The molecule has 18 heavy (non-hydrogen) atoms. The van der Waals surface area contributed by atoms with Crippen LogP contribution in [0.4, 0.5) is 5.82 Å². The van der Waals surface area contributed by atoms with E-state index in [1.807, 2.05) is 18.3 Å². The Balaban J connectivity index is 2.43. The lowest BCUT2D eigenvalue weighted by Gasteiger charge is -2.27. The highest BCUT2D eigenvalue weighted by Gasteiger charge is 2.17. The number of benzene rings is 1. The number of fused-ring (bicyclic) bond motifs is 1. The van der Waals surface area contributed by atoms with E-state index >= 15 is 0 Å². The van der Waals surface area contributed by atoms with Crippen LogP contribution < -0.4 is 5.32 Å². The van der Waals surface area contributed by atoms with Crippen LogP contribution in [0.1, 0.15) is 33.6 Å². The third-order valence-electron chi connectivity index (χ3n) is 3.08. The number of aromatic nitrogens is 1. The highest BCUT2D eigenvalue weighted by Crippen LogP contribution is 2.29. The van der Waals surface area contributed by atoms with E-state index < -0.39 is 0 Å². The maximum absolute atomic E-state index is 4.48. The van der Waals surface area contributed by atoms with Crippen molar-refractivity contribution in [3.8, 4) is 0 Å². The summed E-state index contributed by atoms with van der Waals surface area (Å²) in [6, 6.07) is 8.25. The number of anilines is 1. The van der Waals surface area contributed by atoms with Crippen molar-refractivity contribution in [1.82, 2.24) is 4.98 Å². The minimum absolute atomic E-state index is 0.0678. The van der Waals surface area contributed by atoms with Crippen molar-refractivity contribution < 1.29 is 0 Å². The fourth-order valence-electron chi connectivity index (χ4n) is 2.28. The number of pyridine rings is 1. The Bertz CT molecular complexity index is 549. The van der Waals surface area contributed by atoms with Crippen molar-refractivity contribution in [1.29, 1.82) is 0 Å². The molecule has 1 N–H and O–H groups in total. The molecule has 2 nitrogen and oxygen atoms in total. The third-order valence-corrected chi connectivity index (χ3v) is 3.78. The van der Waals surface area contributed by atoms with E-state index in [1.54, 1.807) is 0 Å². The van der Waals surface area contributed by atoms with Gasteiger partial charge in [-0.25, -0.2) is 4.98 Å². The molecule has 0 radical (unpaired) electrons. The van der Waals surface area contributed by atoms with Crippen LogP contribution in [-0.2, 0) is 0 Å². The molecule has 0 aliphatic heterocycles. The quantitative estimate of drug-likeness (QED) is 0.861. The molecule has 0 fully saturated rings. The zero-order valence-electron chi connectivity index (χ0n) is 11.1. The number of hydrogen-bond donors (Lipinski definition) is 1. The van der Waals surface area contributed by atoms with Crippen LogP contribution in [0.25, 0.3) is 10.8 Å². The molecule has 1 heterocycles. The SMILES string of the molecule is CCCC(C)(C)Nc1nccc2c(Br)cccc12. The van der Waals surface area contributed by atoms with Gasteiger partial charge in [-0.1, -0.05) is 41.4 Å². The monoisotopic (exact) mass is 306 g/mol. The average molecular weight is 307 g/mol. The van der Waals surface area contributed by atoms with Gasteiger partial charge in [0, 0.05) is 27.0 Å².